The second-order valence-corrected chi connectivity index (χ2v) is 6.45. The summed E-state index contributed by atoms with van der Waals surface area (Å²) in [6.45, 7) is 3.73. The zero-order valence-corrected chi connectivity index (χ0v) is 16.8. The first kappa shape index (κ1) is 20.1. The van der Waals surface area contributed by atoms with Crippen molar-refractivity contribution in [1.29, 1.82) is 0 Å². The smallest absolute Gasteiger partial charge is 0.376 e. The van der Waals surface area contributed by atoms with Crippen LogP contribution >= 0.6 is 36.0 Å². The summed E-state index contributed by atoms with van der Waals surface area (Å²) >= 11 is 16.7. The quantitative estimate of drug-likeness (QED) is 0.259. The molecule has 0 spiro atoms. The maximum atomic E-state index is 12.5. The Morgan fingerprint density at radius 1 is 1.35 bits per heavy atom. The van der Waals surface area contributed by atoms with Crippen LogP contribution in [0.25, 0.3) is 0 Å². The minimum absolute atomic E-state index is 0.0728. The van der Waals surface area contributed by atoms with Crippen molar-refractivity contribution < 1.29 is 9.53 Å². The van der Waals surface area contributed by atoms with E-state index in [1.807, 2.05) is 6.92 Å². The van der Waals surface area contributed by atoms with Crippen LogP contribution in [0, 0.1) is 0 Å². The number of hydrogen-bond donors (Lipinski definition) is 2. The summed E-state index contributed by atoms with van der Waals surface area (Å²) in [5.74, 6) is -0.726. The van der Waals surface area contributed by atoms with Gasteiger partial charge in [0.15, 0.2) is 0 Å². The Balaban J connectivity index is 2.40. The van der Waals surface area contributed by atoms with Gasteiger partial charge in [-0.25, -0.2) is 4.79 Å². The molecular formula is C16H18ClN5O2S2. The standard InChI is InChI=1S/C16H18ClN5O2S2/c1-4-24-15(23)14(19-18-12-7-5-11(17)6-8-12)22-13(25)9-10(2)20-21(3)16(22)26/h5-9,18,20H,4H2,1-3H3/b19-14+. The molecule has 0 saturated carbocycles. The summed E-state index contributed by atoms with van der Waals surface area (Å²) < 4.78 is 5.11. The molecule has 0 aliphatic carbocycles. The van der Waals surface area contributed by atoms with Gasteiger partial charge in [-0.3, -0.25) is 15.3 Å². The lowest BCUT2D eigenvalue weighted by molar-refractivity contribution is -0.135. The highest BCUT2D eigenvalue weighted by atomic mass is 35.5. The summed E-state index contributed by atoms with van der Waals surface area (Å²) in [4.78, 5) is 14.2. The first-order valence-corrected chi connectivity index (χ1v) is 8.86. The average molecular weight is 412 g/mol. The molecular weight excluding hydrogens is 394 g/mol. The van der Waals surface area contributed by atoms with E-state index < -0.39 is 5.97 Å². The molecule has 1 aromatic rings. The Kier molecular flexibility index (Phi) is 6.90. The summed E-state index contributed by atoms with van der Waals surface area (Å²) in [7, 11) is 1.72. The monoisotopic (exact) mass is 411 g/mol. The van der Waals surface area contributed by atoms with Crippen LogP contribution in [0.3, 0.4) is 0 Å². The van der Waals surface area contributed by atoms with Gasteiger partial charge in [0, 0.05) is 17.8 Å². The molecule has 0 radical (unpaired) electrons. The fourth-order valence-electron chi connectivity index (χ4n) is 2.06. The van der Waals surface area contributed by atoms with Gasteiger partial charge < -0.3 is 10.2 Å². The van der Waals surface area contributed by atoms with E-state index in [2.05, 4.69) is 16.0 Å². The van der Waals surface area contributed by atoms with Gasteiger partial charge in [-0.15, -0.1) is 5.10 Å². The highest BCUT2D eigenvalue weighted by molar-refractivity contribution is 7.82. The zero-order chi connectivity index (χ0) is 19.3. The van der Waals surface area contributed by atoms with E-state index in [1.54, 1.807) is 49.3 Å². The molecule has 1 aliphatic heterocycles. The van der Waals surface area contributed by atoms with Crippen molar-refractivity contribution >= 4 is 63.6 Å². The second-order valence-electron chi connectivity index (χ2n) is 5.23. The number of amidine groups is 1. The summed E-state index contributed by atoms with van der Waals surface area (Å²) in [6, 6.07) is 6.86. The normalized spacial score (nSPS) is 15.2. The first-order valence-electron chi connectivity index (χ1n) is 7.66. The molecule has 1 aromatic carbocycles. The van der Waals surface area contributed by atoms with Crippen molar-refractivity contribution in [2.24, 2.45) is 5.10 Å². The number of nitrogens with one attached hydrogen (secondary N) is 2. The number of benzene rings is 1. The third-order valence-electron chi connectivity index (χ3n) is 3.19. The van der Waals surface area contributed by atoms with Crippen LogP contribution in [0.15, 0.2) is 41.1 Å². The van der Waals surface area contributed by atoms with Crippen molar-refractivity contribution in [2.45, 2.75) is 13.8 Å². The molecule has 0 fully saturated rings. The van der Waals surface area contributed by atoms with E-state index in [-0.39, 0.29) is 17.6 Å². The zero-order valence-electron chi connectivity index (χ0n) is 14.4. The van der Waals surface area contributed by atoms with Crippen LogP contribution < -0.4 is 10.9 Å². The molecule has 0 saturated heterocycles. The number of thiocarbonyl (C=S) groups is 2. The molecule has 0 atom stereocenters. The fourth-order valence-corrected chi connectivity index (χ4v) is 2.82. The van der Waals surface area contributed by atoms with E-state index in [9.17, 15) is 4.79 Å². The molecule has 7 nitrogen and oxygen atoms in total. The number of rotatable bonds is 3. The highest BCUT2D eigenvalue weighted by Gasteiger charge is 2.31. The fraction of sp³-hybridized carbons (Fsp3) is 0.250. The van der Waals surface area contributed by atoms with E-state index in [0.29, 0.717) is 15.7 Å². The summed E-state index contributed by atoms with van der Waals surface area (Å²) in [5, 5.41) is 6.60. The molecule has 0 bridgehead atoms. The number of carbonyl (C=O) groups is 1. The van der Waals surface area contributed by atoms with Crippen molar-refractivity contribution in [3.05, 3.63) is 41.1 Å². The maximum absolute atomic E-state index is 12.5. The number of halogens is 1. The van der Waals surface area contributed by atoms with Gasteiger partial charge in [0.05, 0.1) is 12.3 Å². The second kappa shape index (κ2) is 8.93. The molecule has 0 amide bonds. The molecule has 26 heavy (non-hydrogen) atoms. The Labute approximate surface area is 167 Å². The van der Waals surface area contributed by atoms with Gasteiger partial charge >= 0.3 is 5.97 Å². The minimum Gasteiger partial charge on any atom is -0.460 e. The third kappa shape index (κ3) is 4.90. The predicted octanol–water partition coefficient (Wildman–Crippen LogP) is 2.90. The molecule has 1 heterocycles. The lowest BCUT2D eigenvalue weighted by Crippen LogP contribution is -2.51. The van der Waals surface area contributed by atoms with Crippen molar-refractivity contribution in [3.63, 3.8) is 0 Å². The van der Waals surface area contributed by atoms with Crippen molar-refractivity contribution in [3.8, 4) is 0 Å². The van der Waals surface area contributed by atoms with Gasteiger partial charge in [0.1, 0.15) is 4.99 Å². The number of nitrogens with zero attached hydrogens (tertiary/aromatic N) is 3. The minimum atomic E-state index is -0.653. The summed E-state index contributed by atoms with van der Waals surface area (Å²) in [6.07, 6.45) is 1.68. The molecule has 2 N–H and O–H groups in total. The lowest BCUT2D eigenvalue weighted by atomic mass is 10.3. The predicted molar refractivity (Wildman–Crippen MR) is 111 cm³/mol. The Bertz CT molecular complexity index is 779. The van der Waals surface area contributed by atoms with Gasteiger partial charge in [-0.05, 0) is 56.4 Å². The Morgan fingerprint density at radius 2 is 2.00 bits per heavy atom. The number of hydrazone groups is 1. The number of hydrogen-bond acceptors (Lipinski definition) is 7. The highest BCUT2D eigenvalue weighted by Crippen LogP contribution is 2.15. The number of esters is 1. The van der Waals surface area contributed by atoms with Gasteiger partial charge in [-0.2, -0.15) is 0 Å². The number of ether oxygens (including phenoxy) is 1. The van der Waals surface area contributed by atoms with E-state index in [0.717, 1.165) is 5.70 Å². The molecule has 10 heteroatoms. The Morgan fingerprint density at radius 3 is 2.62 bits per heavy atom. The van der Waals surface area contributed by atoms with Crippen molar-refractivity contribution in [2.75, 3.05) is 19.1 Å². The topological polar surface area (TPSA) is 69.2 Å². The van der Waals surface area contributed by atoms with Gasteiger partial charge in [0.2, 0.25) is 10.9 Å². The largest absolute Gasteiger partial charge is 0.460 e. The number of anilines is 1. The van der Waals surface area contributed by atoms with E-state index >= 15 is 0 Å². The Hall–Kier alpha value is -2.23. The number of allylic oxidation sites excluding steroid dienone is 1. The van der Waals surface area contributed by atoms with Crippen molar-refractivity contribution in [1.82, 2.24) is 15.3 Å². The molecule has 1 aliphatic rings. The first-order chi connectivity index (χ1) is 12.3. The summed E-state index contributed by atoms with van der Waals surface area (Å²) in [5.41, 5.74) is 7.26. The van der Waals surface area contributed by atoms with Crippen LogP contribution in [0.2, 0.25) is 5.02 Å². The molecule has 2 rings (SSSR count). The lowest BCUT2D eigenvalue weighted by Gasteiger charge is -2.28. The van der Waals surface area contributed by atoms with Crippen LogP contribution in [0.1, 0.15) is 13.8 Å². The van der Waals surface area contributed by atoms with Crippen LogP contribution in [0.5, 0.6) is 0 Å². The van der Waals surface area contributed by atoms with Crippen LogP contribution in [-0.4, -0.2) is 45.5 Å². The van der Waals surface area contributed by atoms with E-state index in [4.69, 9.17) is 40.8 Å². The molecule has 0 aromatic heterocycles. The van der Waals surface area contributed by atoms with Gasteiger partial charge in [-0.1, -0.05) is 23.8 Å². The van der Waals surface area contributed by atoms with E-state index in [1.165, 1.54) is 4.90 Å². The van der Waals surface area contributed by atoms with Crippen LogP contribution in [0.4, 0.5) is 5.69 Å². The molecule has 138 valence electrons. The number of carbonyl (C=O) groups excluding carboxylic acids is 1. The maximum Gasteiger partial charge on any atom is 0.376 e. The SMILES string of the molecule is CCOC(=O)/C(=N\Nc1ccc(Cl)cc1)N1C(=S)C=C(C)NN(C)C1=S. The molecule has 0 unspecified atom stereocenters. The third-order valence-corrected chi connectivity index (χ3v) is 4.20. The van der Waals surface area contributed by atoms with Crippen LogP contribution in [-0.2, 0) is 9.53 Å². The number of hydrazine groups is 1. The average Bonchev–Trinajstić information content (AvgIpc) is 2.67. The van der Waals surface area contributed by atoms with Gasteiger partial charge in [0.25, 0.3) is 0 Å².